The smallest absolute Gasteiger partial charge is 0.422 e. The summed E-state index contributed by atoms with van der Waals surface area (Å²) in [4.78, 5) is 20.1. The largest absolute Gasteiger partial charge is 0.467 e. The van der Waals surface area contributed by atoms with Crippen LogP contribution in [0.4, 0.5) is 34.1 Å². The fraction of sp³-hybridized carbons (Fsp3) is 0.500. The monoisotopic (exact) mass is 499 g/mol. The van der Waals surface area contributed by atoms with E-state index in [1.165, 1.54) is 28.9 Å². The van der Waals surface area contributed by atoms with E-state index in [9.17, 15) is 22.4 Å². The van der Waals surface area contributed by atoms with Crippen molar-refractivity contribution in [2.75, 3.05) is 18.5 Å². The Balaban J connectivity index is 1.24. The van der Waals surface area contributed by atoms with Gasteiger partial charge in [0.1, 0.15) is 11.8 Å². The Labute approximate surface area is 195 Å². The van der Waals surface area contributed by atoms with Crippen molar-refractivity contribution in [1.29, 1.82) is 0 Å². The van der Waals surface area contributed by atoms with Crippen molar-refractivity contribution in [1.82, 2.24) is 29.9 Å². The third-order valence-electron chi connectivity index (χ3n) is 5.63. The van der Waals surface area contributed by atoms with Gasteiger partial charge in [0, 0.05) is 17.8 Å². The van der Waals surface area contributed by atoms with Crippen LogP contribution in [0.25, 0.3) is 5.65 Å². The summed E-state index contributed by atoms with van der Waals surface area (Å²) >= 11 is 0. The number of fused-ring (bicyclic) bond motifs is 1. The topological polar surface area (TPSA) is 128 Å². The van der Waals surface area contributed by atoms with Crippen molar-refractivity contribution < 1.29 is 36.6 Å². The molecule has 1 saturated carbocycles. The summed E-state index contributed by atoms with van der Waals surface area (Å²) in [5.41, 5.74) is 0.299. The van der Waals surface area contributed by atoms with Crippen molar-refractivity contribution >= 4 is 23.5 Å². The van der Waals surface area contributed by atoms with Gasteiger partial charge in [-0.25, -0.2) is 14.2 Å². The van der Waals surface area contributed by atoms with Crippen LogP contribution in [0, 0.1) is 0 Å². The number of nitrogens with one attached hydrogen (secondary N) is 3. The zero-order chi connectivity index (χ0) is 24.8. The third-order valence-corrected chi connectivity index (χ3v) is 5.63. The number of imidazole rings is 1. The molecule has 0 bridgehead atoms. The van der Waals surface area contributed by atoms with Crippen LogP contribution in [0.2, 0.25) is 0 Å². The van der Waals surface area contributed by atoms with Crippen LogP contribution in [0.3, 0.4) is 0 Å². The van der Waals surface area contributed by atoms with Crippen molar-refractivity contribution in [3.8, 4) is 5.88 Å². The quantitative estimate of drug-likeness (QED) is 0.423. The van der Waals surface area contributed by atoms with E-state index in [1.54, 1.807) is 0 Å². The van der Waals surface area contributed by atoms with Gasteiger partial charge in [-0.1, -0.05) is 0 Å². The number of hydrogen-bond donors (Lipinski definition) is 3. The average molecular weight is 499 g/mol. The summed E-state index contributed by atoms with van der Waals surface area (Å²) in [6.45, 7) is 0.283. The second-order valence-electron chi connectivity index (χ2n) is 8.64. The minimum absolute atomic E-state index is 0.117. The highest BCUT2D eigenvalue weighted by molar-refractivity contribution is 5.69. The first-order valence-electron chi connectivity index (χ1n) is 10.7. The number of aromatic nitrogens is 5. The Morgan fingerprint density at radius 1 is 1.40 bits per heavy atom. The molecule has 5 rings (SSSR count). The van der Waals surface area contributed by atoms with E-state index in [1.807, 2.05) is 6.92 Å². The molecule has 0 unspecified atom stereocenters. The summed E-state index contributed by atoms with van der Waals surface area (Å²) in [5.74, 6) is 0.197. The van der Waals surface area contributed by atoms with Gasteiger partial charge in [0.05, 0.1) is 18.5 Å². The summed E-state index contributed by atoms with van der Waals surface area (Å²) < 4.78 is 68.9. The van der Waals surface area contributed by atoms with Gasteiger partial charge in [-0.2, -0.15) is 23.3 Å². The number of anilines is 2. The summed E-state index contributed by atoms with van der Waals surface area (Å²) in [5, 5.41) is 12.3. The Morgan fingerprint density at radius 2 is 2.20 bits per heavy atom. The molecule has 3 aromatic heterocycles. The first-order valence-corrected chi connectivity index (χ1v) is 10.7. The molecular formula is C20H21F4N7O4. The summed E-state index contributed by atoms with van der Waals surface area (Å²) in [7, 11) is 0. The first-order chi connectivity index (χ1) is 16.6. The van der Waals surface area contributed by atoms with Gasteiger partial charge in [-0.3, -0.25) is 9.50 Å². The zero-order valence-electron chi connectivity index (χ0n) is 18.3. The van der Waals surface area contributed by atoms with Crippen molar-refractivity contribution in [3.05, 3.63) is 30.2 Å². The molecule has 0 radical (unpaired) electrons. The third kappa shape index (κ3) is 5.23. The number of carbonyl (C=O) groups excluding carboxylic acids is 1. The van der Waals surface area contributed by atoms with Gasteiger partial charge in [0.25, 0.3) is 0 Å². The van der Waals surface area contributed by atoms with E-state index in [4.69, 9.17) is 9.47 Å². The maximum atomic E-state index is 14.9. The molecule has 2 fully saturated rings. The number of amides is 1. The standard InChI is InChI=1S/C20H21F4N7O4/c1-19(3-4-19)28-18(32)35-11-8-33-16(15(11)21)10-6-12(30-29-10)26-17-25-5-2-13-27-14(7-31(13)17)34-9-20(22,23)24/h2,5-7,11,15-16H,3-4,8-9H2,1H3,(H,28,32)(H2,25,26,29,30)/t11-,15+,16-/m0/s1. The average Bonchev–Trinajstić information content (AvgIpc) is 3.14. The molecule has 0 aromatic carbocycles. The molecule has 4 heterocycles. The molecule has 2 aliphatic rings. The number of ether oxygens (including phenoxy) is 3. The highest BCUT2D eigenvalue weighted by Gasteiger charge is 2.44. The van der Waals surface area contributed by atoms with Gasteiger partial charge in [0.15, 0.2) is 24.7 Å². The van der Waals surface area contributed by atoms with Gasteiger partial charge in [0.2, 0.25) is 11.8 Å². The van der Waals surface area contributed by atoms with E-state index in [0.717, 1.165) is 12.8 Å². The highest BCUT2D eigenvalue weighted by Crippen LogP contribution is 2.36. The van der Waals surface area contributed by atoms with Crippen LogP contribution in [0.15, 0.2) is 24.5 Å². The normalized spacial score (nSPS) is 23.3. The molecule has 35 heavy (non-hydrogen) atoms. The second kappa shape index (κ2) is 8.55. The molecule has 1 aliphatic heterocycles. The molecule has 11 nitrogen and oxygen atoms in total. The van der Waals surface area contributed by atoms with Crippen LogP contribution in [0.5, 0.6) is 5.88 Å². The number of halogens is 4. The van der Waals surface area contributed by atoms with E-state index < -0.39 is 37.3 Å². The minimum Gasteiger partial charge on any atom is -0.467 e. The van der Waals surface area contributed by atoms with E-state index in [0.29, 0.717) is 5.69 Å². The summed E-state index contributed by atoms with van der Waals surface area (Å²) in [6, 6.07) is 2.98. The van der Waals surface area contributed by atoms with Gasteiger partial charge in [-0.05, 0) is 25.8 Å². The number of H-pyrrole nitrogens is 1. The lowest BCUT2D eigenvalue weighted by atomic mass is 10.1. The van der Waals surface area contributed by atoms with Crippen LogP contribution >= 0.6 is 0 Å². The molecule has 3 atom stereocenters. The molecule has 188 valence electrons. The fourth-order valence-electron chi connectivity index (χ4n) is 3.54. The lowest BCUT2D eigenvalue weighted by Crippen LogP contribution is -2.39. The van der Waals surface area contributed by atoms with E-state index >= 15 is 0 Å². The maximum Gasteiger partial charge on any atom is 0.422 e. The van der Waals surface area contributed by atoms with E-state index in [-0.39, 0.29) is 35.4 Å². The van der Waals surface area contributed by atoms with Crippen LogP contribution in [0.1, 0.15) is 31.6 Å². The Bertz CT molecular complexity index is 1230. The van der Waals surface area contributed by atoms with Crippen LogP contribution < -0.4 is 15.4 Å². The van der Waals surface area contributed by atoms with Crippen molar-refractivity contribution in [2.45, 2.75) is 49.9 Å². The van der Waals surface area contributed by atoms with Gasteiger partial charge < -0.3 is 24.8 Å². The maximum absolute atomic E-state index is 14.9. The lowest BCUT2D eigenvalue weighted by molar-refractivity contribution is -0.154. The molecule has 15 heteroatoms. The number of rotatable bonds is 7. The van der Waals surface area contributed by atoms with Crippen molar-refractivity contribution in [3.63, 3.8) is 0 Å². The molecule has 3 N–H and O–H groups in total. The summed E-state index contributed by atoms with van der Waals surface area (Å²) in [6.07, 6.45) is -4.58. The number of alkyl halides is 4. The number of hydrogen-bond acceptors (Lipinski definition) is 8. The number of carbonyl (C=O) groups is 1. The number of alkyl carbamates (subject to hydrolysis) is 1. The molecule has 3 aromatic rings. The first kappa shape index (κ1) is 23.1. The Kier molecular flexibility index (Phi) is 5.65. The van der Waals surface area contributed by atoms with Crippen LogP contribution in [-0.4, -0.2) is 67.9 Å². The molecule has 1 aliphatic carbocycles. The molecule has 1 saturated heterocycles. The van der Waals surface area contributed by atoms with Crippen LogP contribution in [-0.2, 0) is 9.47 Å². The predicted octanol–water partition coefficient (Wildman–Crippen LogP) is 3.19. The van der Waals surface area contributed by atoms with E-state index in [2.05, 4.69) is 35.5 Å². The van der Waals surface area contributed by atoms with Gasteiger partial charge in [-0.15, -0.1) is 0 Å². The molecular weight excluding hydrogens is 478 g/mol. The number of aromatic amines is 1. The number of nitrogens with zero attached hydrogens (tertiary/aromatic N) is 4. The second-order valence-corrected chi connectivity index (χ2v) is 8.64. The minimum atomic E-state index is -4.50. The Morgan fingerprint density at radius 3 is 2.94 bits per heavy atom. The Hall–Kier alpha value is -3.62. The van der Waals surface area contributed by atoms with Crippen molar-refractivity contribution in [2.24, 2.45) is 0 Å². The highest BCUT2D eigenvalue weighted by atomic mass is 19.4. The fourth-order valence-corrected chi connectivity index (χ4v) is 3.54. The molecule has 1 amide bonds. The van der Waals surface area contributed by atoms with Gasteiger partial charge >= 0.3 is 12.3 Å². The lowest BCUT2D eigenvalue weighted by Gasteiger charge is -2.17. The SMILES string of the molecule is CC1(NC(=O)O[C@H]2CO[C@@H](c3cc(Nc4nccc5nc(OCC(F)(F)F)cn45)n[nH]3)[C@@H]2F)CC1. The predicted molar refractivity (Wildman–Crippen MR) is 111 cm³/mol. The molecule has 0 spiro atoms. The zero-order valence-corrected chi connectivity index (χ0v) is 18.3.